The molecular formula is C13H15F2NO2. The summed E-state index contributed by atoms with van der Waals surface area (Å²) in [5, 5.41) is 8.57. The molecule has 0 radical (unpaired) electrons. The predicted octanol–water partition coefficient (Wildman–Crippen LogP) is 2.55. The molecule has 0 unspecified atom stereocenters. The van der Waals surface area contributed by atoms with Crippen molar-refractivity contribution in [2.75, 3.05) is 18.0 Å². The fourth-order valence-electron chi connectivity index (χ4n) is 2.08. The van der Waals surface area contributed by atoms with Gasteiger partial charge in [-0.05, 0) is 24.1 Å². The van der Waals surface area contributed by atoms with Gasteiger partial charge in [0.25, 0.3) is 5.92 Å². The van der Waals surface area contributed by atoms with Gasteiger partial charge in [0.2, 0.25) is 0 Å². The summed E-state index contributed by atoms with van der Waals surface area (Å²) >= 11 is 0. The van der Waals surface area contributed by atoms with Gasteiger partial charge >= 0.3 is 5.97 Å². The summed E-state index contributed by atoms with van der Waals surface area (Å²) in [4.78, 5) is 12.1. The van der Waals surface area contributed by atoms with Gasteiger partial charge in [-0.15, -0.1) is 0 Å². The van der Waals surface area contributed by atoms with Crippen LogP contribution in [-0.2, 0) is 11.2 Å². The first kappa shape index (κ1) is 12.8. The van der Waals surface area contributed by atoms with Gasteiger partial charge in [-0.3, -0.25) is 4.79 Å². The molecule has 1 N–H and O–H groups in total. The highest BCUT2D eigenvalue weighted by molar-refractivity contribution is 5.67. The third kappa shape index (κ3) is 3.18. The van der Waals surface area contributed by atoms with Crippen molar-refractivity contribution in [3.8, 4) is 0 Å². The van der Waals surface area contributed by atoms with Crippen molar-refractivity contribution in [3.05, 3.63) is 29.8 Å². The number of benzene rings is 1. The first-order valence-corrected chi connectivity index (χ1v) is 5.90. The van der Waals surface area contributed by atoms with Crippen molar-refractivity contribution >= 4 is 11.7 Å². The summed E-state index contributed by atoms with van der Waals surface area (Å²) in [6.45, 7) is 0.128. The first-order valence-electron chi connectivity index (χ1n) is 5.90. The predicted molar refractivity (Wildman–Crippen MR) is 64.2 cm³/mol. The van der Waals surface area contributed by atoms with Crippen LogP contribution in [0.2, 0.25) is 0 Å². The average Bonchev–Trinajstić information content (AvgIpc) is 2.68. The van der Waals surface area contributed by atoms with Crippen LogP contribution in [0.4, 0.5) is 14.5 Å². The Morgan fingerprint density at radius 1 is 1.33 bits per heavy atom. The third-order valence-corrected chi connectivity index (χ3v) is 3.10. The normalized spacial score (nSPS) is 18.0. The van der Waals surface area contributed by atoms with E-state index in [9.17, 15) is 13.6 Å². The highest BCUT2D eigenvalue weighted by atomic mass is 19.3. The largest absolute Gasteiger partial charge is 0.481 e. The van der Waals surface area contributed by atoms with Crippen LogP contribution in [-0.4, -0.2) is 30.1 Å². The quantitative estimate of drug-likeness (QED) is 0.898. The maximum Gasteiger partial charge on any atom is 0.303 e. The van der Waals surface area contributed by atoms with Gasteiger partial charge in [-0.25, -0.2) is 8.78 Å². The van der Waals surface area contributed by atoms with Crippen molar-refractivity contribution in [3.63, 3.8) is 0 Å². The fourth-order valence-corrected chi connectivity index (χ4v) is 2.08. The van der Waals surface area contributed by atoms with E-state index in [1.165, 1.54) is 0 Å². The maximum absolute atomic E-state index is 13.1. The average molecular weight is 255 g/mol. The molecular weight excluding hydrogens is 240 g/mol. The minimum Gasteiger partial charge on any atom is -0.481 e. The Morgan fingerprint density at radius 2 is 2.00 bits per heavy atom. The third-order valence-electron chi connectivity index (χ3n) is 3.10. The summed E-state index contributed by atoms with van der Waals surface area (Å²) in [6.07, 6.45) is 0.445. The Bertz CT molecular complexity index is 431. The Balaban J connectivity index is 1.98. The van der Waals surface area contributed by atoms with Gasteiger partial charge in [0.15, 0.2) is 0 Å². The minimum absolute atomic E-state index is 0.0845. The van der Waals surface area contributed by atoms with E-state index in [4.69, 9.17) is 5.11 Å². The number of carboxylic acids is 1. The Kier molecular flexibility index (Phi) is 3.50. The maximum atomic E-state index is 13.1. The summed E-state index contributed by atoms with van der Waals surface area (Å²) in [6, 6.07) is 7.15. The standard InChI is InChI=1S/C13H15F2NO2/c14-13(15)7-8-16(9-13)11-4-1-10(2-5-11)3-6-12(17)18/h1-2,4-5H,3,6-9H2,(H,17,18). The van der Waals surface area contributed by atoms with Crippen molar-refractivity contribution in [1.82, 2.24) is 0 Å². The lowest BCUT2D eigenvalue weighted by molar-refractivity contribution is -0.136. The van der Waals surface area contributed by atoms with Gasteiger partial charge in [-0.2, -0.15) is 0 Å². The highest BCUT2D eigenvalue weighted by Gasteiger charge is 2.38. The first-order chi connectivity index (χ1) is 8.46. The molecule has 0 atom stereocenters. The molecule has 3 nitrogen and oxygen atoms in total. The molecule has 1 aromatic rings. The molecule has 0 aromatic heterocycles. The zero-order valence-corrected chi connectivity index (χ0v) is 9.90. The number of hydrogen-bond donors (Lipinski definition) is 1. The molecule has 1 aliphatic heterocycles. The SMILES string of the molecule is O=C(O)CCc1ccc(N2CCC(F)(F)C2)cc1. The van der Waals surface area contributed by atoms with E-state index in [0.717, 1.165) is 11.3 Å². The van der Waals surface area contributed by atoms with E-state index >= 15 is 0 Å². The molecule has 0 bridgehead atoms. The van der Waals surface area contributed by atoms with Crippen LogP contribution in [0.25, 0.3) is 0 Å². The van der Waals surface area contributed by atoms with E-state index in [1.54, 1.807) is 29.2 Å². The molecule has 1 saturated heterocycles. The number of nitrogens with zero attached hydrogens (tertiary/aromatic N) is 1. The van der Waals surface area contributed by atoms with E-state index in [-0.39, 0.29) is 19.4 Å². The van der Waals surface area contributed by atoms with Gasteiger partial charge in [0.05, 0.1) is 6.54 Å². The Morgan fingerprint density at radius 3 is 2.50 bits per heavy atom. The molecule has 0 amide bonds. The van der Waals surface area contributed by atoms with Crippen molar-refractivity contribution in [2.24, 2.45) is 0 Å². The molecule has 18 heavy (non-hydrogen) atoms. The number of aliphatic carboxylic acids is 1. The van der Waals surface area contributed by atoms with Crippen LogP contribution in [0.1, 0.15) is 18.4 Å². The summed E-state index contributed by atoms with van der Waals surface area (Å²) < 4.78 is 26.1. The number of hydrogen-bond acceptors (Lipinski definition) is 2. The van der Waals surface area contributed by atoms with E-state index in [1.807, 2.05) is 0 Å². The van der Waals surface area contributed by atoms with E-state index in [2.05, 4.69) is 0 Å². The zero-order valence-electron chi connectivity index (χ0n) is 9.90. The summed E-state index contributed by atoms with van der Waals surface area (Å²) in [5.41, 5.74) is 1.68. The van der Waals surface area contributed by atoms with Gasteiger partial charge in [0, 0.05) is 25.1 Å². The monoisotopic (exact) mass is 255 g/mol. The van der Waals surface area contributed by atoms with E-state index < -0.39 is 11.9 Å². The molecule has 0 aliphatic carbocycles. The van der Waals surface area contributed by atoms with Crippen LogP contribution in [0, 0.1) is 0 Å². The second-order valence-corrected chi connectivity index (χ2v) is 4.59. The van der Waals surface area contributed by atoms with Crippen LogP contribution < -0.4 is 4.90 Å². The number of carbonyl (C=O) groups is 1. The fraction of sp³-hybridized carbons (Fsp3) is 0.462. The minimum atomic E-state index is -2.60. The Labute approximate surface area is 104 Å². The lowest BCUT2D eigenvalue weighted by atomic mass is 10.1. The number of alkyl halides is 2. The second kappa shape index (κ2) is 4.92. The highest BCUT2D eigenvalue weighted by Crippen LogP contribution is 2.30. The van der Waals surface area contributed by atoms with Crippen LogP contribution >= 0.6 is 0 Å². The Hall–Kier alpha value is -1.65. The molecule has 1 aliphatic rings. The van der Waals surface area contributed by atoms with Gasteiger partial charge < -0.3 is 10.0 Å². The molecule has 2 rings (SSSR count). The number of carboxylic acid groups (broad SMARTS) is 1. The molecule has 98 valence electrons. The van der Waals surface area contributed by atoms with Crippen molar-refractivity contribution in [2.45, 2.75) is 25.2 Å². The molecule has 0 spiro atoms. The molecule has 5 heteroatoms. The van der Waals surface area contributed by atoms with Gasteiger partial charge in [0.1, 0.15) is 0 Å². The zero-order chi connectivity index (χ0) is 13.2. The van der Waals surface area contributed by atoms with Crippen molar-refractivity contribution < 1.29 is 18.7 Å². The number of anilines is 1. The lowest BCUT2D eigenvalue weighted by Gasteiger charge is -2.18. The smallest absolute Gasteiger partial charge is 0.303 e. The van der Waals surface area contributed by atoms with Crippen molar-refractivity contribution in [1.29, 1.82) is 0 Å². The van der Waals surface area contributed by atoms with Gasteiger partial charge in [-0.1, -0.05) is 12.1 Å². The topological polar surface area (TPSA) is 40.5 Å². The van der Waals surface area contributed by atoms with Crippen LogP contribution in [0.15, 0.2) is 24.3 Å². The number of rotatable bonds is 4. The molecule has 1 fully saturated rings. The number of aryl methyl sites for hydroxylation is 1. The number of halogens is 2. The summed E-state index contributed by atoms with van der Waals surface area (Å²) in [7, 11) is 0. The lowest BCUT2D eigenvalue weighted by Crippen LogP contribution is -2.24. The molecule has 0 saturated carbocycles. The second-order valence-electron chi connectivity index (χ2n) is 4.59. The molecule has 1 heterocycles. The van der Waals surface area contributed by atoms with Crippen LogP contribution in [0.5, 0.6) is 0 Å². The summed E-state index contributed by atoms with van der Waals surface area (Å²) in [5.74, 6) is -3.43. The molecule has 1 aromatic carbocycles. The van der Waals surface area contributed by atoms with E-state index in [0.29, 0.717) is 13.0 Å². The van der Waals surface area contributed by atoms with Crippen LogP contribution in [0.3, 0.4) is 0 Å².